The maximum Gasteiger partial charge on any atom is 0.266 e. The number of benzene rings is 4. The standard InChI is InChI=1S/C32H28FN3O3/c1-3-27(35(21-22-13-5-4-6-14-22)31(37)23-15-7-9-17-25(23)33)30-34-26-18-10-8-16-24(26)32(38)36(30)28-19-11-12-20-29(28)39-2/h4-20,27H,3,21H2,1-2H3. The molecule has 39 heavy (non-hydrogen) atoms. The Bertz CT molecular complexity index is 1680. The summed E-state index contributed by atoms with van der Waals surface area (Å²) in [6, 6.07) is 29.1. The van der Waals surface area contributed by atoms with Gasteiger partial charge in [0.25, 0.3) is 11.5 Å². The monoisotopic (exact) mass is 521 g/mol. The largest absolute Gasteiger partial charge is 0.495 e. The molecule has 1 unspecified atom stereocenters. The normalized spacial score (nSPS) is 11.8. The molecule has 0 N–H and O–H groups in total. The number of methoxy groups -OCH3 is 1. The molecule has 4 aromatic carbocycles. The fourth-order valence-electron chi connectivity index (χ4n) is 4.86. The van der Waals surface area contributed by atoms with E-state index in [1.165, 1.54) is 16.7 Å². The van der Waals surface area contributed by atoms with Gasteiger partial charge in [-0.05, 0) is 48.4 Å². The van der Waals surface area contributed by atoms with Crippen LogP contribution >= 0.6 is 0 Å². The molecule has 0 fully saturated rings. The number of carbonyl (C=O) groups is 1. The van der Waals surface area contributed by atoms with Gasteiger partial charge in [0.2, 0.25) is 0 Å². The summed E-state index contributed by atoms with van der Waals surface area (Å²) < 4.78 is 22.0. The first-order valence-corrected chi connectivity index (χ1v) is 12.8. The Morgan fingerprint density at radius 3 is 2.33 bits per heavy atom. The van der Waals surface area contributed by atoms with Gasteiger partial charge >= 0.3 is 0 Å². The van der Waals surface area contributed by atoms with E-state index >= 15 is 0 Å². The Labute approximate surface area is 225 Å². The van der Waals surface area contributed by atoms with Crippen LogP contribution in [0.15, 0.2) is 108 Å². The van der Waals surface area contributed by atoms with Crippen molar-refractivity contribution in [1.29, 1.82) is 0 Å². The number of hydrogen-bond donors (Lipinski definition) is 0. The molecule has 0 spiro atoms. The predicted octanol–water partition coefficient (Wildman–Crippen LogP) is 6.33. The van der Waals surface area contributed by atoms with E-state index in [2.05, 4.69) is 0 Å². The van der Waals surface area contributed by atoms with Gasteiger partial charge in [-0.3, -0.25) is 14.2 Å². The van der Waals surface area contributed by atoms with Crippen LogP contribution in [0.4, 0.5) is 4.39 Å². The minimum Gasteiger partial charge on any atom is -0.495 e. The third-order valence-electron chi connectivity index (χ3n) is 6.75. The first-order valence-electron chi connectivity index (χ1n) is 12.8. The number of halogens is 1. The smallest absolute Gasteiger partial charge is 0.266 e. The first kappa shape index (κ1) is 25.9. The maximum absolute atomic E-state index is 14.9. The highest BCUT2D eigenvalue weighted by atomic mass is 19.1. The molecule has 0 saturated carbocycles. The molecule has 5 rings (SSSR count). The third kappa shape index (κ3) is 5.03. The number of aromatic nitrogens is 2. The lowest BCUT2D eigenvalue weighted by atomic mass is 10.1. The summed E-state index contributed by atoms with van der Waals surface area (Å²) in [7, 11) is 1.54. The number of fused-ring (bicyclic) bond motifs is 1. The molecule has 0 aliphatic rings. The molecule has 0 radical (unpaired) electrons. The van der Waals surface area contributed by atoms with Gasteiger partial charge in [-0.15, -0.1) is 0 Å². The van der Waals surface area contributed by atoms with E-state index in [9.17, 15) is 14.0 Å². The van der Waals surface area contributed by atoms with Crippen LogP contribution in [0.5, 0.6) is 5.75 Å². The molecule has 0 saturated heterocycles. The van der Waals surface area contributed by atoms with Crippen LogP contribution in [0.1, 0.15) is 41.1 Å². The molecule has 0 aliphatic carbocycles. The average molecular weight is 522 g/mol. The van der Waals surface area contributed by atoms with Gasteiger partial charge in [0.1, 0.15) is 17.4 Å². The minimum absolute atomic E-state index is 0.0427. The Hall–Kier alpha value is -4.78. The fourth-order valence-corrected chi connectivity index (χ4v) is 4.86. The molecule has 6 nitrogen and oxygen atoms in total. The lowest BCUT2D eigenvalue weighted by Gasteiger charge is -2.33. The highest BCUT2D eigenvalue weighted by Gasteiger charge is 2.31. The van der Waals surface area contributed by atoms with Crippen LogP contribution in [-0.4, -0.2) is 27.5 Å². The first-order chi connectivity index (χ1) is 19.0. The Balaban J connectivity index is 1.77. The van der Waals surface area contributed by atoms with Crippen molar-refractivity contribution in [3.8, 4) is 11.4 Å². The molecular formula is C32H28FN3O3. The number of rotatable bonds is 8. The summed E-state index contributed by atoms with van der Waals surface area (Å²) in [5, 5.41) is 0.442. The Morgan fingerprint density at radius 2 is 1.59 bits per heavy atom. The van der Waals surface area contributed by atoms with Crippen molar-refractivity contribution in [2.24, 2.45) is 0 Å². The Kier molecular flexibility index (Phi) is 7.50. The van der Waals surface area contributed by atoms with Crippen molar-refractivity contribution < 1.29 is 13.9 Å². The number of amides is 1. The molecular weight excluding hydrogens is 493 g/mol. The van der Waals surface area contributed by atoms with E-state index in [1.807, 2.05) is 55.5 Å². The van der Waals surface area contributed by atoms with Gasteiger partial charge in [0.05, 0.1) is 35.3 Å². The maximum atomic E-state index is 14.9. The van der Waals surface area contributed by atoms with Crippen molar-refractivity contribution in [2.45, 2.75) is 25.9 Å². The van der Waals surface area contributed by atoms with E-state index in [4.69, 9.17) is 9.72 Å². The summed E-state index contributed by atoms with van der Waals surface area (Å²) >= 11 is 0. The van der Waals surface area contributed by atoms with Crippen molar-refractivity contribution in [1.82, 2.24) is 14.5 Å². The zero-order chi connectivity index (χ0) is 27.4. The SMILES string of the molecule is CCC(c1nc2ccccc2c(=O)n1-c1ccccc1OC)N(Cc1ccccc1)C(=O)c1ccccc1F. The van der Waals surface area contributed by atoms with Crippen LogP contribution in [0, 0.1) is 5.82 Å². The molecule has 0 bridgehead atoms. The van der Waals surface area contributed by atoms with E-state index in [-0.39, 0.29) is 17.7 Å². The van der Waals surface area contributed by atoms with Crippen LogP contribution in [0.3, 0.4) is 0 Å². The van der Waals surface area contributed by atoms with E-state index in [0.717, 1.165) is 5.56 Å². The fraction of sp³-hybridized carbons (Fsp3) is 0.156. The highest BCUT2D eigenvalue weighted by Crippen LogP contribution is 2.31. The van der Waals surface area contributed by atoms with E-state index in [1.54, 1.807) is 54.5 Å². The summed E-state index contributed by atoms with van der Waals surface area (Å²) in [5.74, 6) is -0.240. The molecule has 5 aromatic rings. The van der Waals surface area contributed by atoms with Gasteiger partial charge in [-0.2, -0.15) is 0 Å². The molecule has 0 aliphatic heterocycles. The topological polar surface area (TPSA) is 64.4 Å². The lowest BCUT2D eigenvalue weighted by Crippen LogP contribution is -2.38. The quantitative estimate of drug-likeness (QED) is 0.239. The molecule has 1 amide bonds. The number of ether oxygens (including phenoxy) is 1. The molecule has 7 heteroatoms. The second-order valence-electron chi connectivity index (χ2n) is 9.12. The summed E-state index contributed by atoms with van der Waals surface area (Å²) in [5.41, 5.74) is 1.57. The van der Waals surface area contributed by atoms with Gasteiger partial charge in [0, 0.05) is 6.54 Å². The highest BCUT2D eigenvalue weighted by molar-refractivity contribution is 5.94. The molecule has 1 atom stereocenters. The van der Waals surface area contributed by atoms with E-state index < -0.39 is 17.8 Å². The second kappa shape index (κ2) is 11.3. The second-order valence-corrected chi connectivity index (χ2v) is 9.12. The van der Waals surface area contributed by atoms with Crippen LogP contribution < -0.4 is 10.3 Å². The van der Waals surface area contributed by atoms with Crippen LogP contribution in [-0.2, 0) is 6.54 Å². The van der Waals surface area contributed by atoms with Crippen molar-refractivity contribution >= 4 is 16.8 Å². The predicted molar refractivity (Wildman–Crippen MR) is 150 cm³/mol. The van der Waals surface area contributed by atoms with Gasteiger partial charge in [-0.1, -0.05) is 73.7 Å². The van der Waals surface area contributed by atoms with Crippen LogP contribution in [0.25, 0.3) is 16.6 Å². The molecule has 196 valence electrons. The molecule has 1 heterocycles. The van der Waals surface area contributed by atoms with Crippen LogP contribution in [0.2, 0.25) is 0 Å². The molecule has 1 aromatic heterocycles. The number of hydrogen-bond acceptors (Lipinski definition) is 4. The lowest BCUT2D eigenvalue weighted by molar-refractivity contribution is 0.0635. The van der Waals surface area contributed by atoms with Crippen molar-refractivity contribution in [2.75, 3.05) is 7.11 Å². The average Bonchev–Trinajstić information content (AvgIpc) is 2.98. The zero-order valence-electron chi connectivity index (χ0n) is 21.8. The van der Waals surface area contributed by atoms with Crippen molar-refractivity contribution in [3.05, 3.63) is 136 Å². The zero-order valence-corrected chi connectivity index (χ0v) is 21.8. The Morgan fingerprint density at radius 1 is 0.923 bits per heavy atom. The van der Waals surface area contributed by atoms with E-state index in [0.29, 0.717) is 34.6 Å². The number of carbonyl (C=O) groups excluding carboxylic acids is 1. The van der Waals surface area contributed by atoms with Gasteiger partial charge in [0.15, 0.2) is 0 Å². The minimum atomic E-state index is -0.667. The van der Waals surface area contributed by atoms with Gasteiger partial charge in [-0.25, -0.2) is 9.37 Å². The summed E-state index contributed by atoms with van der Waals surface area (Å²) in [4.78, 5) is 34.6. The number of nitrogens with zero attached hydrogens (tertiary/aromatic N) is 3. The summed E-state index contributed by atoms with van der Waals surface area (Å²) in [6.45, 7) is 2.12. The summed E-state index contributed by atoms with van der Waals surface area (Å²) in [6.07, 6.45) is 0.424. The number of para-hydroxylation sites is 3. The van der Waals surface area contributed by atoms with Gasteiger partial charge < -0.3 is 9.64 Å². The van der Waals surface area contributed by atoms with Crippen molar-refractivity contribution in [3.63, 3.8) is 0 Å². The third-order valence-corrected chi connectivity index (χ3v) is 6.75.